The smallest absolute Gasteiger partial charge is 0.133 e. The zero-order valence-electron chi connectivity index (χ0n) is 10.9. The fourth-order valence-corrected chi connectivity index (χ4v) is 1.89. The average molecular weight is 230 g/mol. The maximum atomic E-state index is 8.89. The summed E-state index contributed by atoms with van der Waals surface area (Å²) in [6.45, 7) is 8.57. The number of unbranched alkanes of at least 4 members (excludes halogenated alkanes) is 3. The zero-order chi connectivity index (χ0) is 12.4. The van der Waals surface area contributed by atoms with Gasteiger partial charge in [-0.3, -0.25) is 4.90 Å². The number of nitrogens with zero attached hydrogens (tertiary/aromatic N) is 1. The number of hydrogen-bond acceptors (Lipinski definition) is 3. The van der Waals surface area contributed by atoms with Gasteiger partial charge in [0.05, 0.1) is 19.6 Å². The van der Waals surface area contributed by atoms with Crippen LogP contribution in [0.15, 0.2) is 0 Å². The molecule has 1 unspecified atom stereocenters. The molecule has 4 nitrogen and oxygen atoms in total. The second-order valence-corrected chi connectivity index (χ2v) is 4.54. The highest BCUT2D eigenvalue weighted by molar-refractivity contribution is 5.60. The Morgan fingerprint density at radius 2 is 2.00 bits per heavy atom. The van der Waals surface area contributed by atoms with E-state index in [1.807, 2.05) is 0 Å². The van der Waals surface area contributed by atoms with Crippen LogP contribution in [0, 0.1) is 0 Å². The van der Waals surface area contributed by atoms with E-state index in [1.165, 1.54) is 52.0 Å². The van der Waals surface area contributed by atoms with Crippen LogP contribution in [0.1, 0.15) is 39.5 Å². The molecule has 1 heterocycles. The Morgan fingerprint density at radius 3 is 2.44 bits per heavy atom. The molecule has 0 aromatic rings. The van der Waals surface area contributed by atoms with Gasteiger partial charge in [-0.15, -0.1) is 0 Å². The second kappa shape index (κ2) is 9.60. The summed E-state index contributed by atoms with van der Waals surface area (Å²) in [5.74, 6) is -1.08. The molecule has 4 heteroatoms. The van der Waals surface area contributed by atoms with E-state index in [0.717, 1.165) is 6.92 Å². The lowest BCUT2D eigenvalue weighted by Gasteiger charge is -2.11. The van der Waals surface area contributed by atoms with Gasteiger partial charge in [-0.05, 0) is 26.8 Å². The molecule has 1 rings (SSSR count). The number of carboxylic acids is 1. The number of aliphatic carboxylic acids is 1. The van der Waals surface area contributed by atoms with Crippen molar-refractivity contribution in [1.82, 2.24) is 4.90 Å². The van der Waals surface area contributed by atoms with Crippen molar-refractivity contribution in [2.24, 2.45) is 0 Å². The monoisotopic (exact) mass is 230 g/mol. The lowest BCUT2D eigenvalue weighted by molar-refractivity contribution is -0.891. The van der Waals surface area contributed by atoms with E-state index in [9.17, 15) is 0 Å². The van der Waals surface area contributed by atoms with E-state index in [-0.39, 0.29) is 0 Å². The van der Waals surface area contributed by atoms with Gasteiger partial charge in [0.2, 0.25) is 0 Å². The summed E-state index contributed by atoms with van der Waals surface area (Å²) in [7, 11) is 2.22. The second-order valence-electron chi connectivity index (χ2n) is 4.54. The molecular weight excluding hydrogens is 204 g/mol. The van der Waals surface area contributed by atoms with Crippen LogP contribution < -0.4 is 10.0 Å². The van der Waals surface area contributed by atoms with E-state index >= 15 is 0 Å². The summed E-state index contributed by atoms with van der Waals surface area (Å²) in [6, 6.07) is 0. The van der Waals surface area contributed by atoms with Gasteiger partial charge >= 0.3 is 0 Å². The lowest BCUT2D eigenvalue weighted by Crippen LogP contribution is -3.10. The van der Waals surface area contributed by atoms with Crippen molar-refractivity contribution in [3.05, 3.63) is 0 Å². The van der Waals surface area contributed by atoms with Gasteiger partial charge in [0.15, 0.2) is 0 Å². The van der Waals surface area contributed by atoms with Gasteiger partial charge in [0.25, 0.3) is 0 Å². The SMILES string of the molecule is CC(=O)[O-].CCCCCC[NH+]1CCN(C)C1. The van der Waals surface area contributed by atoms with Crippen LogP contribution in [0.4, 0.5) is 0 Å². The number of hydrogen-bond donors (Lipinski definition) is 1. The Balaban J connectivity index is 0.000000487. The molecular formula is C12H26N2O2. The van der Waals surface area contributed by atoms with E-state index in [1.54, 1.807) is 4.90 Å². The van der Waals surface area contributed by atoms with Crippen molar-refractivity contribution in [2.75, 3.05) is 33.4 Å². The van der Waals surface area contributed by atoms with Crippen LogP contribution >= 0.6 is 0 Å². The topological polar surface area (TPSA) is 47.8 Å². The van der Waals surface area contributed by atoms with Crippen LogP contribution in [0.3, 0.4) is 0 Å². The molecule has 1 saturated heterocycles. The third-order valence-electron chi connectivity index (χ3n) is 2.72. The summed E-state index contributed by atoms with van der Waals surface area (Å²) < 4.78 is 0. The lowest BCUT2D eigenvalue weighted by atomic mass is 10.2. The number of carboxylic acid groups (broad SMARTS) is 1. The molecule has 1 aliphatic heterocycles. The van der Waals surface area contributed by atoms with E-state index in [2.05, 4.69) is 18.9 Å². The summed E-state index contributed by atoms with van der Waals surface area (Å²) in [4.78, 5) is 13.1. The molecule has 1 aliphatic rings. The van der Waals surface area contributed by atoms with Gasteiger partial charge in [-0.2, -0.15) is 0 Å². The van der Waals surface area contributed by atoms with Crippen LogP contribution in [0.25, 0.3) is 0 Å². The van der Waals surface area contributed by atoms with Crippen molar-refractivity contribution >= 4 is 5.97 Å². The quantitative estimate of drug-likeness (QED) is 0.623. The predicted molar refractivity (Wildman–Crippen MR) is 63.0 cm³/mol. The van der Waals surface area contributed by atoms with Crippen LogP contribution in [-0.4, -0.2) is 44.2 Å². The van der Waals surface area contributed by atoms with Gasteiger partial charge < -0.3 is 14.8 Å². The Bertz CT molecular complexity index is 182. The van der Waals surface area contributed by atoms with Crippen molar-refractivity contribution in [2.45, 2.75) is 39.5 Å². The number of carbonyl (C=O) groups excluding carboxylic acids is 1. The first-order valence-corrected chi connectivity index (χ1v) is 6.26. The first kappa shape index (κ1) is 15.4. The van der Waals surface area contributed by atoms with E-state index in [4.69, 9.17) is 9.90 Å². The standard InChI is InChI=1S/C10H22N2.C2H4O2/c1-3-4-5-6-7-12-9-8-11(2)10-12;1-2(3)4/h3-10H2,1-2H3;1H3,(H,3,4). The fraction of sp³-hybridized carbons (Fsp3) is 0.917. The summed E-state index contributed by atoms with van der Waals surface area (Å²) in [6.07, 6.45) is 5.64. The first-order valence-electron chi connectivity index (χ1n) is 6.26. The van der Waals surface area contributed by atoms with Crippen LogP contribution in [0.5, 0.6) is 0 Å². The fourth-order valence-electron chi connectivity index (χ4n) is 1.89. The number of carbonyl (C=O) groups is 1. The van der Waals surface area contributed by atoms with Crippen molar-refractivity contribution in [3.63, 3.8) is 0 Å². The third kappa shape index (κ3) is 9.93. The van der Waals surface area contributed by atoms with Crippen LogP contribution in [-0.2, 0) is 4.79 Å². The summed E-state index contributed by atoms with van der Waals surface area (Å²) >= 11 is 0. The molecule has 0 aromatic carbocycles. The molecule has 1 N–H and O–H groups in total. The Kier molecular flexibility index (Phi) is 9.24. The minimum atomic E-state index is -1.08. The van der Waals surface area contributed by atoms with Gasteiger partial charge in [-0.1, -0.05) is 19.8 Å². The molecule has 0 spiro atoms. The maximum Gasteiger partial charge on any atom is 0.133 e. The van der Waals surface area contributed by atoms with Gasteiger partial charge in [-0.25, -0.2) is 0 Å². The summed E-state index contributed by atoms with van der Waals surface area (Å²) in [5, 5.41) is 8.89. The number of nitrogens with one attached hydrogen (secondary N) is 1. The van der Waals surface area contributed by atoms with Crippen molar-refractivity contribution < 1.29 is 14.8 Å². The molecule has 0 aliphatic carbocycles. The molecule has 0 saturated carbocycles. The average Bonchev–Trinajstić information content (AvgIpc) is 2.58. The minimum Gasteiger partial charge on any atom is -0.550 e. The molecule has 1 fully saturated rings. The van der Waals surface area contributed by atoms with Crippen LogP contribution in [0.2, 0.25) is 0 Å². The Hall–Kier alpha value is -0.610. The number of rotatable bonds is 5. The van der Waals surface area contributed by atoms with E-state index in [0.29, 0.717) is 0 Å². The highest BCUT2D eigenvalue weighted by Gasteiger charge is 2.18. The van der Waals surface area contributed by atoms with E-state index < -0.39 is 5.97 Å². The molecule has 0 radical (unpaired) electrons. The summed E-state index contributed by atoms with van der Waals surface area (Å²) in [5.41, 5.74) is 0. The molecule has 0 amide bonds. The van der Waals surface area contributed by atoms with Gasteiger partial charge in [0.1, 0.15) is 6.67 Å². The zero-order valence-corrected chi connectivity index (χ0v) is 10.9. The highest BCUT2D eigenvalue weighted by atomic mass is 16.4. The van der Waals surface area contributed by atoms with Crippen molar-refractivity contribution in [1.29, 1.82) is 0 Å². The maximum absolute atomic E-state index is 8.89. The normalized spacial score (nSPS) is 20.3. The highest BCUT2D eigenvalue weighted by Crippen LogP contribution is 1.96. The van der Waals surface area contributed by atoms with Crippen molar-refractivity contribution in [3.8, 4) is 0 Å². The Morgan fingerprint density at radius 1 is 1.38 bits per heavy atom. The number of quaternary nitrogens is 1. The van der Waals surface area contributed by atoms with Gasteiger partial charge in [0, 0.05) is 5.97 Å². The molecule has 0 bridgehead atoms. The number of likely N-dealkylation sites (N-methyl/N-ethyl adjacent to an activating group) is 1. The molecule has 0 aromatic heterocycles. The Labute approximate surface area is 99.2 Å². The molecule has 16 heavy (non-hydrogen) atoms. The largest absolute Gasteiger partial charge is 0.550 e. The third-order valence-corrected chi connectivity index (χ3v) is 2.72. The predicted octanol–water partition coefficient (Wildman–Crippen LogP) is -0.889. The molecule has 96 valence electrons. The molecule has 1 atom stereocenters. The first-order chi connectivity index (χ1) is 7.56. The minimum absolute atomic E-state index is 0.972.